The Balaban J connectivity index is 2.55. The first-order chi connectivity index (χ1) is 4.72. The van der Waals surface area contributed by atoms with Crippen molar-refractivity contribution in [2.45, 2.75) is 13.0 Å². The summed E-state index contributed by atoms with van der Waals surface area (Å²) >= 11 is 0. The van der Waals surface area contributed by atoms with Gasteiger partial charge in [-0.1, -0.05) is 0 Å². The lowest BCUT2D eigenvalue weighted by atomic mass is 10.2. The van der Waals surface area contributed by atoms with Crippen molar-refractivity contribution >= 4 is 5.78 Å². The third-order valence-electron chi connectivity index (χ3n) is 1.96. The number of hydrogen-bond donors (Lipinski definition) is 0. The Morgan fingerprint density at radius 1 is 1.70 bits per heavy atom. The maximum Gasteiger partial charge on any atom is 0.175 e. The number of hydrogen-bond acceptors (Lipinski definition) is 3. The molecule has 1 rings (SSSR count). The molecule has 0 aromatic heterocycles. The first-order valence-corrected chi connectivity index (χ1v) is 3.52. The van der Waals surface area contributed by atoms with E-state index >= 15 is 0 Å². The van der Waals surface area contributed by atoms with Crippen LogP contribution < -0.4 is 0 Å². The Morgan fingerprint density at radius 2 is 2.40 bits per heavy atom. The highest BCUT2D eigenvalue weighted by Crippen LogP contribution is 2.01. The molecule has 1 aliphatic heterocycles. The molecule has 3 nitrogen and oxygen atoms in total. The zero-order valence-corrected chi connectivity index (χ0v) is 6.46. The molecule has 0 N–H and O–H groups in total. The van der Waals surface area contributed by atoms with Gasteiger partial charge >= 0.3 is 0 Å². The van der Waals surface area contributed by atoms with Gasteiger partial charge in [-0.3, -0.25) is 9.69 Å². The van der Waals surface area contributed by atoms with Crippen molar-refractivity contribution in [2.24, 2.45) is 0 Å². The van der Waals surface area contributed by atoms with Crippen molar-refractivity contribution in [1.29, 1.82) is 0 Å². The Hall–Kier alpha value is -0.410. The minimum Gasteiger partial charge on any atom is -0.372 e. The van der Waals surface area contributed by atoms with Crippen LogP contribution in [0, 0.1) is 0 Å². The molecule has 1 aliphatic rings. The lowest BCUT2D eigenvalue weighted by Gasteiger charge is -2.18. The lowest BCUT2D eigenvalue weighted by molar-refractivity contribution is -0.125. The molecule has 0 aromatic rings. The van der Waals surface area contributed by atoms with Crippen molar-refractivity contribution in [2.75, 3.05) is 26.8 Å². The number of ketones is 1. The fourth-order valence-electron chi connectivity index (χ4n) is 0.941. The van der Waals surface area contributed by atoms with Crippen LogP contribution in [0.3, 0.4) is 0 Å². The molecule has 0 radical (unpaired) electrons. The van der Waals surface area contributed by atoms with E-state index in [1.54, 1.807) is 0 Å². The van der Waals surface area contributed by atoms with Crippen LogP contribution in [0.15, 0.2) is 0 Å². The largest absolute Gasteiger partial charge is 0.372 e. The van der Waals surface area contributed by atoms with E-state index in [0.717, 1.165) is 6.54 Å². The smallest absolute Gasteiger partial charge is 0.175 e. The van der Waals surface area contributed by atoms with Gasteiger partial charge in [-0.25, -0.2) is 0 Å². The molecule has 0 amide bonds. The van der Waals surface area contributed by atoms with Crippen molar-refractivity contribution in [3.05, 3.63) is 0 Å². The average Bonchev–Trinajstić information content (AvgIpc) is 2.04. The van der Waals surface area contributed by atoms with Crippen LogP contribution in [0.25, 0.3) is 0 Å². The van der Waals surface area contributed by atoms with E-state index in [9.17, 15) is 4.79 Å². The maximum absolute atomic E-state index is 11.1. The predicted octanol–water partition coefficient (Wildman–Crippen LogP) is -0.0940. The number of rotatable bonds is 0. The summed E-state index contributed by atoms with van der Waals surface area (Å²) in [5.41, 5.74) is 0. The summed E-state index contributed by atoms with van der Waals surface area (Å²) in [6.07, 6.45) is 0. The van der Waals surface area contributed by atoms with Crippen LogP contribution in [0.5, 0.6) is 0 Å². The first kappa shape index (κ1) is 7.69. The zero-order chi connectivity index (χ0) is 7.56. The summed E-state index contributed by atoms with van der Waals surface area (Å²) in [7, 11) is 1.94. The van der Waals surface area contributed by atoms with Crippen LogP contribution in [0.2, 0.25) is 0 Å². The van der Waals surface area contributed by atoms with Gasteiger partial charge in [0.15, 0.2) is 5.78 Å². The number of likely N-dealkylation sites (N-methyl/N-ethyl adjacent to an activating group) is 1. The van der Waals surface area contributed by atoms with Gasteiger partial charge in [0.1, 0.15) is 6.61 Å². The van der Waals surface area contributed by atoms with E-state index in [1.165, 1.54) is 0 Å². The summed E-state index contributed by atoms with van der Waals surface area (Å²) in [6.45, 7) is 3.72. The van der Waals surface area contributed by atoms with Gasteiger partial charge in [0.25, 0.3) is 0 Å². The molecule has 0 aliphatic carbocycles. The standard InChI is InChI=1S/C7H13NO2/c1-6-7(9)5-10-4-3-8(6)2/h6H,3-5H2,1-2H3. The summed E-state index contributed by atoms with van der Waals surface area (Å²) in [6, 6.07) is 0.0301. The minimum atomic E-state index is 0.0301. The van der Waals surface area contributed by atoms with E-state index in [4.69, 9.17) is 4.74 Å². The summed E-state index contributed by atoms with van der Waals surface area (Å²) in [5.74, 6) is 0.181. The van der Waals surface area contributed by atoms with Crippen molar-refractivity contribution in [3.8, 4) is 0 Å². The number of nitrogens with zero attached hydrogens (tertiary/aromatic N) is 1. The van der Waals surface area contributed by atoms with E-state index in [-0.39, 0.29) is 18.4 Å². The van der Waals surface area contributed by atoms with Crippen LogP contribution in [-0.4, -0.2) is 43.5 Å². The molecular formula is C7H13NO2. The molecule has 1 unspecified atom stereocenters. The van der Waals surface area contributed by atoms with Crippen LogP contribution in [0.1, 0.15) is 6.92 Å². The van der Waals surface area contributed by atoms with Crippen molar-refractivity contribution in [1.82, 2.24) is 4.90 Å². The van der Waals surface area contributed by atoms with Gasteiger partial charge in [-0.15, -0.1) is 0 Å². The SMILES string of the molecule is CC1C(=O)COCCN1C. The van der Waals surface area contributed by atoms with Gasteiger partial charge in [-0.05, 0) is 14.0 Å². The van der Waals surface area contributed by atoms with E-state index in [2.05, 4.69) is 0 Å². The highest BCUT2D eigenvalue weighted by Gasteiger charge is 2.20. The molecule has 0 saturated carbocycles. The van der Waals surface area contributed by atoms with Gasteiger partial charge in [-0.2, -0.15) is 0 Å². The topological polar surface area (TPSA) is 29.5 Å². The summed E-state index contributed by atoms with van der Waals surface area (Å²) in [5, 5.41) is 0. The molecule has 1 heterocycles. The summed E-state index contributed by atoms with van der Waals surface area (Å²) in [4.78, 5) is 13.1. The third kappa shape index (κ3) is 1.55. The number of Topliss-reactive ketones (excluding diaryl/α,β-unsaturated/α-hetero) is 1. The predicted molar refractivity (Wildman–Crippen MR) is 37.9 cm³/mol. The molecule has 1 fully saturated rings. The fraction of sp³-hybridized carbons (Fsp3) is 0.857. The van der Waals surface area contributed by atoms with Gasteiger partial charge in [0.05, 0.1) is 12.6 Å². The molecule has 10 heavy (non-hydrogen) atoms. The molecule has 1 atom stereocenters. The highest BCUT2D eigenvalue weighted by molar-refractivity contribution is 5.84. The van der Waals surface area contributed by atoms with Crippen molar-refractivity contribution < 1.29 is 9.53 Å². The average molecular weight is 143 g/mol. The molecule has 0 spiro atoms. The number of carbonyl (C=O) groups is 1. The quantitative estimate of drug-likeness (QED) is 0.474. The molecule has 58 valence electrons. The van der Waals surface area contributed by atoms with E-state index in [1.807, 2.05) is 18.9 Å². The molecule has 0 aromatic carbocycles. The summed E-state index contributed by atoms with van der Waals surface area (Å²) < 4.78 is 5.06. The Labute approximate surface area is 61.0 Å². The minimum absolute atomic E-state index is 0.0301. The molecule has 1 saturated heterocycles. The second kappa shape index (κ2) is 3.12. The monoisotopic (exact) mass is 143 g/mol. The van der Waals surface area contributed by atoms with E-state index in [0.29, 0.717) is 6.61 Å². The van der Waals surface area contributed by atoms with Gasteiger partial charge in [0, 0.05) is 6.54 Å². The second-order valence-corrected chi connectivity index (χ2v) is 2.68. The third-order valence-corrected chi connectivity index (χ3v) is 1.96. The Morgan fingerprint density at radius 3 is 3.10 bits per heavy atom. The van der Waals surface area contributed by atoms with Crippen LogP contribution >= 0.6 is 0 Å². The number of ether oxygens (including phenoxy) is 1. The zero-order valence-electron chi connectivity index (χ0n) is 6.46. The first-order valence-electron chi connectivity index (χ1n) is 3.52. The van der Waals surface area contributed by atoms with Gasteiger partial charge in [0.2, 0.25) is 0 Å². The van der Waals surface area contributed by atoms with Crippen LogP contribution in [-0.2, 0) is 9.53 Å². The number of carbonyl (C=O) groups excluding carboxylic acids is 1. The Bertz CT molecular complexity index is 136. The Kier molecular flexibility index (Phi) is 2.40. The van der Waals surface area contributed by atoms with Crippen LogP contribution in [0.4, 0.5) is 0 Å². The molecule has 3 heteroatoms. The normalized spacial score (nSPS) is 30.2. The van der Waals surface area contributed by atoms with E-state index < -0.39 is 0 Å². The van der Waals surface area contributed by atoms with Gasteiger partial charge < -0.3 is 4.74 Å². The maximum atomic E-state index is 11.1. The second-order valence-electron chi connectivity index (χ2n) is 2.68. The molecular weight excluding hydrogens is 130 g/mol. The highest BCUT2D eigenvalue weighted by atomic mass is 16.5. The molecule has 0 bridgehead atoms. The lowest BCUT2D eigenvalue weighted by Crippen LogP contribution is -2.35. The van der Waals surface area contributed by atoms with Crippen molar-refractivity contribution in [3.63, 3.8) is 0 Å². The fourth-order valence-corrected chi connectivity index (χ4v) is 0.941.